The highest BCUT2D eigenvalue weighted by molar-refractivity contribution is 9.10. The topological polar surface area (TPSA) is 51.2 Å². The largest absolute Gasteiger partial charge is 0.496 e. The summed E-state index contributed by atoms with van der Waals surface area (Å²) in [4.78, 5) is 15.5. The van der Waals surface area contributed by atoms with Crippen LogP contribution in [0.4, 0.5) is 4.39 Å². The van der Waals surface area contributed by atoms with Crippen LogP contribution in [0.1, 0.15) is 28.9 Å². The van der Waals surface area contributed by atoms with Crippen LogP contribution in [0.2, 0.25) is 0 Å². The maximum atomic E-state index is 12.7. The van der Waals surface area contributed by atoms with E-state index in [1.165, 1.54) is 12.3 Å². The van der Waals surface area contributed by atoms with E-state index in [9.17, 15) is 9.18 Å². The van der Waals surface area contributed by atoms with Crippen molar-refractivity contribution < 1.29 is 13.9 Å². The SMILES string of the molecule is COc1ccc(C(C)NC(=O)c2ccc(F)nc2)cc1Br. The molecular weight excluding hydrogens is 339 g/mol. The number of nitrogens with zero attached hydrogens (tertiary/aromatic N) is 1. The van der Waals surface area contributed by atoms with Crippen LogP contribution < -0.4 is 10.1 Å². The van der Waals surface area contributed by atoms with Crippen molar-refractivity contribution in [1.82, 2.24) is 10.3 Å². The highest BCUT2D eigenvalue weighted by Crippen LogP contribution is 2.28. The van der Waals surface area contributed by atoms with E-state index in [0.29, 0.717) is 5.56 Å². The van der Waals surface area contributed by atoms with Crippen LogP contribution in [0.3, 0.4) is 0 Å². The Kier molecular flexibility index (Phi) is 4.90. The smallest absolute Gasteiger partial charge is 0.253 e. The quantitative estimate of drug-likeness (QED) is 0.857. The molecule has 1 unspecified atom stereocenters. The van der Waals surface area contributed by atoms with E-state index in [1.54, 1.807) is 7.11 Å². The first kappa shape index (κ1) is 15.4. The number of nitrogens with one attached hydrogen (secondary N) is 1. The minimum absolute atomic E-state index is 0.204. The van der Waals surface area contributed by atoms with Gasteiger partial charge >= 0.3 is 0 Å². The Balaban J connectivity index is 2.10. The first-order chi connectivity index (χ1) is 10.0. The summed E-state index contributed by atoms with van der Waals surface area (Å²) in [5.74, 6) is -0.194. The molecule has 0 radical (unpaired) electrons. The van der Waals surface area contributed by atoms with Crippen molar-refractivity contribution in [3.63, 3.8) is 0 Å². The maximum Gasteiger partial charge on any atom is 0.253 e. The second-order valence-corrected chi connectivity index (χ2v) is 5.31. The molecule has 0 saturated carbocycles. The average molecular weight is 353 g/mol. The Labute approximate surface area is 130 Å². The summed E-state index contributed by atoms with van der Waals surface area (Å²) < 4.78 is 18.7. The van der Waals surface area contributed by atoms with Gasteiger partial charge in [0.25, 0.3) is 5.91 Å². The summed E-state index contributed by atoms with van der Waals surface area (Å²) in [5, 5.41) is 2.83. The Morgan fingerprint density at radius 2 is 2.14 bits per heavy atom. The molecule has 1 aromatic heterocycles. The Hall–Kier alpha value is -1.95. The fourth-order valence-electron chi connectivity index (χ4n) is 1.83. The molecule has 0 aliphatic rings. The van der Waals surface area contributed by atoms with Crippen molar-refractivity contribution in [2.75, 3.05) is 7.11 Å². The van der Waals surface area contributed by atoms with Crippen LogP contribution in [0, 0.1) is 5.95 Å². The zero-order valence-corrected chi connectivity index (χ0v) is 13.1. The molecule has 2 aromatic rings. The molecule has 1 N–H and O–H groups in total. The first-order valence-corrected chi connectivity index (χ1v) is 7.06. The van der Waals surface area contributed by atoms with Crippen molar-refractivity contribution in [2.24, 2.45) is 0 Å². The number of methoxy groups -OCH3 is 1. The van der Waals surface area contributed by atoms with Gasteiger partial charge in [-0.3, -0.25) is 4.79 Å². The fraction of sp³-hybridized carbons (Fsp3) is 0.200. The lowest BCUT2D eigenvalue weighted by Gasteiger charge is -2.15. The number of aromatic nitrogens is 1. The molecule has 110 valence electrons. The van der Waals surface area contributed by atoms with E-state index >= 15 is 0 Å². The van der Waals surface area contributed by atoms with Gasteiger partial charge in [-0.05, 0) is 52.7 Å². The number of carbonyl (C=O) groups is 1. The number of hydrogen-bond donors (Lipinski definition) is 1. The minimum Gasteiger partial charge on any atom is -0.496 e. The van der Waals surface area contributed by atoms with E-state index in [4.69, 9.17) is 4.74 Å². The summed E-state index contributed by atoms with van der Waals surface area (Å²) in [7, 11) is 1.59. The Morgan fingerprint density at radius 3 is 2.71 bits per heavy atom. The molecule has 2 rings (SSSR count). The summed E-state index contributed by atoms with van der Waals surface area (Å²) >= 11 is 3.41. The number of pyridine rings is 1. The van der Waals surface area contributed by atoms with Gasteiger partial charge in [-0.2, -0.15) is 4.39 Å². The van der Waals surface area contributed by atoms with Gasteiger partial charge in [-0.25, -0.2) is 4.98 Å². The van der Waals surface area contributed by atoms with Crippen molar-refractivity contribution >= 4 is 21.8 Å². The number of amides is 1. The maximum absolute atomic E-state index is 12.7. The van der Waals surface area contributed by atoms with E-state index in [2.05, 4.69) is 26.2 Å². The van der Waals surface area contributed by atoms with Crippen molar-refractivity contribution in [3.05, 3.63) is 58.1 Å². The highest BCUT2D eigenvalue weighted by Gasteiger charge is 2.13. The Morgan fingerprint density at radius 1 is 1.38 bits per heavy atom. The van der Waals surface area contributed by atoms with Gasteiger partial charge in [0.05, 0.1) is 23.2 Å². The third-order valence-electron chi connectivity index (χ3n) is 3.01. The third-order valence-corrected chi connectivity index (χ3v) is 3.63. The number of ether oxygens (including phenoxy) is 1. The third kappa shape index (κ3) is 3.78. The zero-order chi connectivity index (χ0) is 15.4. The molecule has 0 fully saturated rings. The predicted molar refractivity (Wildman–Crippen MR) is 80.8 cm³/mol. The molecule has 6 heteroatoms. The van der Waals surface area contributed by atoms with E-state index < -0.39 is 5.95 Å². The normalized spacial score (nSPS) is 11.8. The van der Waals surface area contributed by atoms with E-state index in [-0.39, 0.29) is 11.9 Å². The molecule has 1 heterocycles. The molecule has 21 heavy (non-hydrogen) atoms. The molecular formula is C15H14BrFN2O2. The van der Waals surface area contributed by atoms with Gasteiger partial charge in [-0.1, -0.05) is 6.07 Å². The van der Waals surface area contributed by atoms with Crippen molar-refractivity contribution in [1.29, 1.82) is 0 Å². The van der Waals surface area contributed by atoms with Crippen LogP contribution in [-0.4, -0.2) is 18.0 Å². The summed E-state index contributed by atoms with van der Waals surface area (Å²) in [6.07, 6.45) is 1.21. The van der Waals surface area contributed by atoms with Gasteiger partial charge in [0, 0.05) is 6.20 Å². The molecule has 0 bridgehead atoms. The van der Waals surface area contributed by atoms with Crippen molar-refractivity contribution in [3.8, 4) is 5.75 Å². The number of carbonyl (C=O) groups excluding carboxylic acids is 1. The van der Waals surface area contributed by atoms with Crippen LogP contribution >= 0.6 is 15.9 Å². The molecule has 0 aliphatic carbocycles. The minimum atomic E-state index is -0.612. The first-order valence-electron chi connectivity index (χ1n) is 6.27. The standard InChI is InChI=1S/C15H14BrFN2O2/c1-9(10-3-5-13(21-2)12(16)7-10)19-15(20)11-4-6-14(17)18-8-11/h3-9H,1-2H3,(H,19,20). The molecule has 0 spiro atoms. The number of halogens is 2. The van der Waals surface area contributed by atoms with Gasteiger partial charge in [-0.15, -0.1) is 0 Å². The van der Waals surface area contributed by atoms with Gasteiger partial charge in [0.2, 0.25) is 5.95 Å². The van der Waals surface area contributed by atoms with E-state index in [0.717, 1.165) is 21.9 Å². The monoisotopic (exact) mass is 352 g/mol. The number of hydrogen-bond acceptors (Lipinski definition) is 3. The summed E-state index contributed by atoms with van der Waals surface area (Å²) in [6.45, 7) is 1.86. The second-order valence-electron chi connectivity index (χ2n) is 4.46. The van der Waals surface area contributed by atoms with Crippen molar-refractivity contribution in [2.45, 2.75) is 13.0 Å². The number of rotatable bonds is 4. The highest BCUT2D eigenvalue weighted by atomic mass is 79.9. The van der Waals surface area contributed by atoms with Gasteiger partial charge in [0.15, 0.2) is 0 Å². The molecule has 0 saturated heterocycles. The molecule has 0 aliphatic heterocycles. The lowest BCUT2D eigenvalue weighted by molar-refractivity contribution is 0.0939. The molecule has 1 atom stereocenters. The summed E-state index contributed by atoms with van der Waals surface area (Å²) in [6, 6.07) is 7.92. The van der Waals surface area contributed by atoms with E-state index in [1.807, 2.05) is 25.1 Å². The van der Waals surface area contributed by atoms with Gasteiger partial charge in [0.1, 0.15) is 5.75 Å². The van der Waals surface area contributed by atoms with Crippen LogP contribution in [0.25, 0.3) is 0 Å². The zero-order valence-electron chi connectivity index (χ0n) is 11.6. The molecule has 4 nitrogen and oxygen atoms in total. The number of benzene rings is 1. The van der Waals surface area contributed by atoms with Crippen LogP contribution in [-0.2, 0) is 0 Å². The summed E-state index contributed by atoms with van der Waals surface area (Å²) in [5.41, 5.74) is 1.24. The molecule has 1 aromatic carbocycles. The lowest BCUT2D eigenvalue weighted by atomic mass is 10.1. The predicted octanol–water partition coefficient (Wildman–Crippen LogP) is 3.48. The second kappa shape index (κ2) is 6.67. The molecule has 1 amide bonds. The average Bonchev–Trinajstić information content (AvgIpc) is 2.47. The fourth-order valence-corrected chi connectivity index (χ4v) is 2.38. The lowest BCUT2D eigenvalue weighted by Crippen LogP contribution is -2.26. The van der Waals surface area contributed by atoms with Crippen LogP contribution in [0.5, 0.6) is 5.75 Å². The van der Waals surface area contributed by atoms with Crippen LogP contribution in [0.15, 0.2) is 41.0 Å². The Bertz CT molecular complexity index is 647. The van der Waals surface area contributed by atoms with Gasteiger partial charge < -0.3 is 10.1 Å².